The van der Waals surface area contributed by atoms with Crippen molar-refractivity contribution in [3.8, 4) is 0 Å². The Morgan fingerprint density at radius 3 is 3.00 bits per heavy atom. The first-order valence-electron chi connectivity index (χ1n) is 8.31. The highest BCUT2D eigenvalue weighted by Gasteiger charge is 2.24. The molecule has 1 N–H and O–H groups in total. The molecule has 2 aromatic rings. The van der Waals surface area contributed by atoms with E-state index in [0.29, 0.717) is 19.1 Å². The van der Waals surface area contributed by atoms with Gasteiger partial charge in [0.05, 0.1) is 6.54 Å². The van der Waals surface area contributed by atoms with Crippen LogP contribution in [-0.4, -0.2) is 30.9 Å². The van der Waals surface area contributed by atoms with Crippen LogP contribution in [-0.2, 0) is 17.6 Å². The van der Waals surface area contributed by atoms with Crippen LogP contribution in [0.15, 0.2) is 41.8 Å². The van der Waals surface area contributed by atoms with Crippen LogP contribution in [0.2, 0.25) is 0 Å². The maximum absolute atomic E-state index is 12.2. The van der Waals surface area contributed by atoms with E-state index in [-0.39, 0.29) is 5.91 Å². The van der Waals surface area contributed by atoms with Gasteiger partial charge in [-0.2, -0.15) is 0 Å². The van der Waals surface area contributed by atoms with Crippen molar-refractivity contribution in [2.75, 3.05) is 20.1 Å². The Labute approximate surface area is 142 Å². The number of carbonyl (C=O) groups is 1. The fourth-order valence-corrected chi connectivity index (χ4v) is 4.07. The Kier molecular flexibility index (Phi) is 5.47. The number of rotatable bonds is 6. The summed E-state index contributed by atoms with van der Waals surface area (Å²) in [5.74, 6) is 0.118. The molecule has 4 heteroatoms. The van der Waals surface area contributed by atoms with Gasteiger partial charge in [0, 0.05) is 17.5 Å². The summed E-state index contributed by atoms with van der Waals surface area (Å²) in [5, 5.41) is 5.12. The molecule has 0 spiro atoms. The van der Waals surface area contributed by atoms with Crippen molar-refractivity contribution in [1.82, 2.24) is 10.2 Å². The Bertz CT molecular complexity index is 639. The van der Waals surface area contributed by atoms with Crippen molar-refractivity contribution >= 4 is 17.2 Å². The summed E-state index contributed by atoms with van der Waals surface area (Å²) >= 11 is 1.74. The Balaban J connectivity index is 1.51. The van der Waals surface area contributed by atoms with E-state index in [1.165, 1.54) is 22.4 Å². The van der Waals surface area contributed by atoms with Gasteiger partial charge >= 0.3 is 0 Å². The number of thiophene rings is 1. The van der Waals surface area contributed by atoms with Crippen LogP contribution in [0.25, 0.3) is 0 Å². The third kappa shape index (κ3) is 4.21. The highest BCUT2D eigenvalue weighted by Crippen LogP contribution is 2.33. The second kappa shape index (κ2) is 7.75. The summed E-state index contributed by atoms with van der Waals surface area (Å²) in [6.45, 7) is 1.18. The number of fused-ring (bicyclic) bond motifs is 1. The molecule has 1 heterocycles. The van der Waals surface area contributed by atoms with Crippen LogP contribution in [0.1, 0.15) is 34.9 Å². The van der Waals surface area contributed by atoms with Gasteiger partial charge in [0.2, 0.25) is 5.91 Å². The number of hydrogen-bond acceptors (Lipinski definition) is 3. The topological polar surface area (TPSA) is 32.3 Å². The molecular weight excluding hydrogens is 304 g/mol. The summed E-state index contributed by atoms with van der Waals surface area (Å²) in [6.07, 6.45) is 4.41. The second-order valence-electron chi connectivity index (χ2n) is 6.20. The monoisotopic (exact) mass is 328 g/mol. The van der Waals surface area contributed by atoms with Gasteiger partial charge < -0.3 is 5.32 Å². The first-order chi connectivity index (χ1) is 11.2. The molecule has 23 heavy (non-hydrogen) atoms. The summed E-state index contributed by atoms with van der Waals surface area (Å²) in [4.78, 5) is 15.7. The smallest absolute Gasteiger partial charge is 0.234 e. The third-order valence-electron chi connectivity index (χ3n) is 4.54. The number of likely N-dealkylation sites (N-methyl/N-ethyl adjacent to an activating group) is 1. The van der Waals surface area contributed by atoms with Crippen molar-refractivity contribution in [3.63, 3.8) is 0 Å². The average molecular weight is 328 g/mol. The van der Waals surface area contributed by atoms with Crippen molar-refractivity contribution < 1.29 is 4.79 Å². The summed E-state index contributed by atoms with van der Waals surface area (Å²) in [6, 6.07) is 13.2. The molecule has 1 amide bonds. The summed E-state index contributed by atoms with van der Waals surface area (Å²) < 4.78 is 0. The highest BCUT2D eigenvalue weighted by molar-refractivity contribution is 7.09. The van der Waals surface area contributed by atoms with Gasteiger partial charge in [-0.3, -0.25) is 9.69 Å². The number of benzene rings is 1. The lowest BCUT2D eigenvalue weighted by molar-refractivity contribution is -0.122. The van der Waals surface area contributed by atoms with Gasteiger partial charge in [0.15, 0.2) is 0 Å². The molecule has 1 unspecified atom stereocenters. The van der Waals surface area contributed by atoms with Gasteiger partial charge in [-0.15, -0.1) is 11.3 Å². The SMILES string of the molecule is CN(CC(=O)NCCc1cccs1)C1CCCc2ccccc21. The minimum absolute atomic E-state index is 0.118. The molecule has 0 fully saturated rings. The molecule has 0 radical (unpaired) electrons. The third-order valence-corrected chi connectivity index (χ3v) is 5.47. The zero-order valence-electron chi connectivity index (χ0n) is 13.6. The van der Waals surface area contributed by atoms with Crippen LogP contribution >= 0.6 is 11.3 Å². The predicted octanol–water partition coefficient (Wildman–Crippen LogP) is 3.42. The van der Waals surface area contributed by atoms with Crippen molar-refractivity contribution in [2.24, 2.45) is 0 Å². The molecule has 0 aliphatic heterocycles. The largest absolute Gasteiger partial charge is 0.355 e. The van der Waals surface area contributed by atoms with E-state index < -0.39 is 0 Å². The average Bonchev–Trinajstić information content (AvgIpc) is 3.07. The minimum atomic E-state index is 0.118. The molecule has 3 nitrogen and oxygen atoms in total. The fourth-order valence-electron chi connectivity index (χ4n) is 3.36. The zero-order valence-corrected chi connectivity index (χ0v) is 14.4. The first kappa shape index (κ1) is 16.2. The van der Waals surface area contributed by atoms with E-state index in [1.54, 1.807) is 11.3 Å². The first-order valence-corrected chi connectivity index (χ1v) is 9.19. The number of nitrogens with zero attached hydrogens (tertiary/aromatic N) is 1. The standard InChI is InChI=1S/C19H24N2OS/c1-21(14-19(22)20-12-11-16-8-5-13-23-16)18-10-4-7-15-6-2-3-9-17(15)18/h2-3,5-6,8-9,13,18H,4,7,10-12,14H2,1H3,(H,20,22). The molecule has 1 aromatic carbocycles. The molecule has 122 valence electrons. The number of hydrogen-bond donors (Lipinski definition) is 1. The minimum Gasteiger partial charge on any atom is -0.355 e. The molecule has 0 saturated heterocycles. The zero-order chi connectivity index (χ0) is 16.1. The molecule has 1 atom stereocenters. The second-order valence-corrected chi connectivity index (χ2v) is 7.23. The van der Waals surface area contributed by atoms with E-state index in [2.05, 4.69) is 59.0 Å². The lowest BCUT2D eigenvalue weighted by Crippen LogP contribution is -2.38. The number of carbonyl (C=O) groups excluding carboxylic acids is 1. The predicted molar refractivity (Wildman–Crippen MR) is 95.8 cm³/mol. The lowest BCUT2D eigenvalue weighted by atomic mass is 9.87. The Morgan fingerprint density at radius 2 is 2.17 bits per heavy atom. The number of amides is 1. The van der Waals surface area contributed by atoms with Gasteiger partial charge in [0.25, 0.3) is 0 Å². The van der Waals surface area contributed by atoms with E-state index in [0.717, 1.165) is 19.3 Å². The maximum Gasteiger partial charge on any atom is 0.234 e. The number of nitrogens with one attached hydrogen (secondary N) is 1. The molecule has 0 saturated carbocycles. The van der Waals surface area contributed by atoms with Gasteiger partial charge in [-0.1, -0.05) is 30.3 Å². The normalized spacial score (nSPS) is 17.0. The van der Waals surface area contributed by atoms with Crippen LogP contribution in [0, 0.1) is 0 Å². The van der Waals surface area contributed by atoms with Gasteiger partial charge in [-0.25, -0.2) is 0 Å². The molecule has 1 aliphatic rings. The van der Waals surface area contributed by atoms with E-state index in [1.807, 2.05) is 0 Å². The van der Waals surface area contributed by atoms with Crippen LogP contribution in [0.5, 0.6) is 0 Å². The van der Waals surface area contributed by atoms with E-state index in [9.17, 15) is 4.79 Å². The summed E-state index contributed by atoms with van der Waals surface area (Å²) in [5.41, 5.74) is 2.83. The number of aryl methyl sites for hydroxylation is 1. The molecule has 1 aromatic heterocycles. The molecular formula is C19H24N2OS. The maximum atomic E-state index is 12.2. The quantitative estimate of drug-likeness (QED) is 0.881. The van der Waals surface area contributed by atoms with Crippen LogP contribution in [0.3, 0.4) is 0 Å². The van der Waals surface area contributed by atoms with Crippen LogP contribution in [0.4, 0.5) is 0 Å². The fraction of sp³-hybridized carbons (Fsp3) is 0.421. The van der Waals surface area contributed by atoms with Crippen molar-refractivity contribution in [3.05, 3.63) is 57.8 Å². The van der Waals surface area contributed by atoms with Gasteiger partial charge in [0.1, 0.15) is 0 Å². The lowest BCUT2D eigenvalue weighted by Gasteiger charge is -2.32. The van der Waals surface area contributed by atoms with Crippen molar-refractivity contribution in [2.45, 2.75) is 31.7 Å². The Morgan fingerprint density at radius 1 is 1.30 bits per heavy atom. The molecule has 1 aliphatic carbocycles. The van der Waals surface area contributed by atoms with Crippen molar-refractivity contribution in [1.29, 1.82) is 0 Å². The Hall–Kier alpha value is -1.65. The van der Waals surface area contributed by atoms with Crippen LogP contribution < -0.4 is 5.32 Å². The van der Waals surface area contributed by atoms with E-state index in [4.69, 9.17) is 0 Å². The van der Waals surface area contributed by atoms with E-state index >= 15 is 0 Å². The molecule has 3 rings (SSSR count). The molecule has 0 bridgehead atoms. The summed E-state index contributed by atoms with van der Waals surface area (Å²) in [7, 11) is 2.06. The highest BCUT2D eigenvalue weighted by atomic mass is 32.1. The van der Waals surface area contributed by atoms with Gasteiger partial charge in [-0.05, 0) is 55.3 Å².